The van der Waals surface area contributed by atoms with Gasteiger partial charge in [0.1, 0.15) is 17.5 Å². The van der Waals surface area contributed by atoms with Gasteiger partial charge in [-0.25, -0.2) is 9.78 Å². The van der Waals surface area contributed by atoms with Crippen molar-refractivity contribution in [3.8, 4) is 12.1 Å². The molecule has 0 spiro atoms. The van der Waals surface area contributed by atoms with E-state index in [0.29, 0.717) is 17.5 Å². The van der Waals surface area contributed by atoms with Crippen LogP contribution in [0, 0.1) is 34.5 Å². The Morgan fingerprint density at radius 1 is 1.25 bits per heavy atom. The van der Waals surface area contributed by atoms with E-state index in [2.05, 4.69) is 0 Å². The third-order valence-electron chi connectivity index (χ3n) is 5.01. The number of benzene rings is 1. The maximum absolute atomic E-state index is 12.1. The molecule has 1 aromatic carbocycles. The summed E-state index contributed by atoms with van der Waals surface area (Å²) >= 11 is 0. The molecular formula is C19H18N2O3. The van der Waals surface area contributed by atoms with Gasteiger partial charge in [0, 0.05) is 18.3 Å². The van der Waals surface area contributed by atoms with E-state index in [1.54, 1.807) is 18.2 Å². The summed E-state index contributed by atoms with van der Waals surface area (Å²) in [5.41, 5.74) is 0.901. The lowest BCUT2D eigenvalue weighted by molar-refractivity contribution is -0.415. The number of nitriles is 2. The van der Waals surface area contributed by atoms with Gasteiger partial charge in [-0.15, -0.1) is 0 Å². The predicted molar refractivity (Wildman–Crippen MR) is 86.2 cm³/mol. The van der Waals surface area contributed by atoms with Gasteiger partial charge in [-0.05, 0) is 43.2 Å². The Labute approximate surface area is 141 Å². The quantitative estimate of drug-likeness (QED) is 0.781. The summed E-state index contributed by atoms with van der Waals surface area (Å²) in [5.74, 6) is 0.142. The lowest BCUT2D eigenvalue weighted by Crippen LogP contribution is -2.51. The highest BCUT2D eigenvalue weighted by atomic mass is 17.2. The van der Waals surface area contributed by atoms with Crippen LogP contribution in [0.25, 0.3) is 6.08 Å². The third kappa shape index (κ3) is 2.97. The number of rotatable bonds is 2. The second kappa shape index (κ2) is 6.20. The zero-order valence-electron chi connectivity index (χ0n) is 13.7. The number of hydrogen-bond acceptors (Lipinski definition) is 5. The number of Topliss-reactive ketones (excluding diaryl/α,β-unsaturated/α-hetero) is 1. The van der Waals surface area contributed by atoms with E-state index in [-0.39, 0.29) is 23.7 Å². The van der Waals surface area contributed by atoms with Gasteiger partial charge in [-0.1, -0.05) is 13.0 Å². The molecule has 3 rings (SSSR count). The van der Waals surface area contributed by atoms with Gasteiger partial charge in [0.25, 0.3) is 0 Å². The molecule has 1 aliphatic carbocycles. The van der Waals surface area contributed by atoms with Crippen molar-refractivity contribution in [2.24, 2.45) is 11.8 Å². The minimum atomic E-state index is -0.707. The maximum atomic E-state index is 12.1. The fraction of sp³-hybridized carbons (Fsp3) is 0.421. The fourth-order valence-electron chi connectivity index (χ4n) is 3.30. The van der Waals surface area contributed by atoms with Crippen LogP contribution in [0.5, 0.6) is 0 Å². The molecule has 0 N–H and O–H groups in total. The number of carbonyl (C=O) groups is 1. The highest BCUT2D eigenvalue weighted by Crippen LogP contribution is 2.43. The third-order valence-corrected chi connectivity index (χ3v) is 5.01. The van der Waals surface area contributed by atoms with E-state index in [1.165, 1.54) is 0 Å². The molecule has 0 unspecified atom stereocenters. The summed E-state index contributed by atoms with van der Waals surface area (Å²) in [5, 5.41) is 18.1. The van der Waals surface area contributed by atoms with E-state index in [4.69, 9.17) is 20.3 Å². The van der Waals surface area contributed by atoms with Crippen LogP contribution in [0.2, 0.25) is 0 Å². The molecule has 2 bridgehead atoms. The molecular weight excluding hydrogens is 304 g/mol. The Kier molecular flexibility index (Phi) is 4.24. The summed E-state index contributed by atoms with van der Waals surface area (Å²) in [4.78, 5) is 23.2. The van der Waals surface area contributed by atoms with Crippen LogP contribution in [0.1, 0.15) is 43.4 Å². The molecule has 1 saturated heterocycles. The number of nitrogens with zero attached hydrogens (tertiary/aromatic N) is 2. The van der Waals surface area contributed by atoms with Crippen molar-refractivity contribution in [3.63, 3.8) is 0 Å². The summed E-state index contributed by atoms with van der Waals surface area (Å²) in [6.07, 6.45) is 4.76. The number of carbonyl (C=O) groups excluding carboxylic acids is 1. The van der Waals surface area contributed by atoms with Crippen molar-refractivity contribution in [1.29, 1.82) is 10.5 Å². The fourth-order valence-corrected chi connectivity index (χ4v) is 3.30. The Bertz CT molecular complexity index is 755. The Morgan fingerprint density at radius 3 is 2.54 bits per heavy atom. The molecule has 24 heavy (non-hydrogen) atoms. The lowest BCUT2D eigenvalue weighted by atomic mass is 9.71. The molecule has 0 aromatic heterocycles. The van der Waals surface area contributed by atoms with Gasteiger partial charge < -0.3 is 0 Å². The first-order valence-electron chi connectivity index (χ1n) is 7.97. The van der Waals surface area contributed by atoms with Crippen molar-refractivity contribution in [2.45, 2.75) is 38.4 Å². The maximum Gasteiger partial charge on any atom is 0.138 e. The molecule has 1 aromatic rings. The first-order valence-corrected chi connectivity index (χ1v) is 7.97. The van der Waals surface area contributed by atoms with Crippen molar-refractivity contribution in [1.82, 2.24) is 0 Å². The van der Waals surface area contributed by atoms with Gasteiger partial charge in [0.15, 0.2) is 0 Å². The Balaban J connectivity index is 1.85. The zero-order chi connectivity index (χ0) is 17.3. The lowest BCUT2D eigenvalue weighted by Gasteiger charge is -2.45. The first kappa shape index (κ1) is 16.4. The molecule has 5 heteroatoms. The molecule has 2 fully saturated rings. The standard InChI is InChI=1S/C19H18N2O3/c1-12-17(22)8-16-9-18(12)23-24-19(16,2)4-3-13-5-14(10-20)7-15(6-13)11-21/h3-7,12,16,18H,8-9H2,1-2H3/t12-,16+,18+,19+/m0/s1. The molecule has 1 saturated carbocycles. The molecule has 4 atom stereocenters. The van der Waals surface area contributed by atoms with Gasteiger partial charge in [0.2, 0.25) is 0 Å². The van der Waals surface area contributed by atoms with Gasteiger partial charge in [-0.2, -0.15) is 10.5 Å². The second-order valence-electron chi connectivity index (χ2n) is 6.69. The molecule has 5 nitrogen and oxygen atoms in total. The smallest absolute Gasteiger partial charge is 0.138 e. The van der Waals surface area contributed by atoms with E-state index >= 15 is 0 Å². The monoisotopic (exact) mass is 322 g/mol. The minimum absolute atomic E-state index is 0.0609. The van der Waals surface area contributed by atoms with Crippen molar-refractivity contribution in [2.75, 3.05) is 0 Å². The molecule has 1 heterocycles. The topological polar surface area (TPSA) is 83.1 Å². The largest absolute Gasteiger partial charge is 0.299 e. The van der Waals surface area contributed by atoms with Crippen molar-refractivity contribution >= 4 is 11.9 Å². The highest BCUT2D eigenvalue weighted by molar-refractivity contribution is 5.82. The molecule has 0 radical (unpaired) electrons. The zero-order valence-corrected chi connectivity index (χ0v) is 13.7. The summed E-state index contributed by atoms with van der Waals surface area (Å²) < 4.78 is 0. The van der Waals surface area contributed by atoms with Gasteiger partial charge in [-0.3, -0.25) is 4.79 Å². The Hall–Kier alpha value is -2.47. The summed E-state index contributed by atoms with van der Waals surface area (Å²) in [7, 11) is 0. The summed E-state index contributed by atoms with van der Waals surface area (Å²) in [6, 6.07) is 9.06. The van der Waals surface area contributed by atoms with Crippen LogP contribution < -0.4 is 0 Å². The van der Waals surface area contributed by atoms with Crippen LogP contribution in [0.15, 0.2) is 24.3 Å². The molecule has 0 amide bonds. The van der Waals surface area contributed by atoms with E-state index in [9.17, 15) is 4.79 Å². The second-order valence-corrected chi connectivity index (χ2v) is 6.69. The van der Waals surface area contributed by atoms with Crippen molar-refractivity contribution in [3.05, 3.63) is 41.0 Å². The van der Waals surface area contributed by atoms with E-state index in [0.717, 1.165) is 12.0 Å². The van der Waals surface area contributed by atoms with Crippen LogP contribution in [0.4, 0.5) is 0 Å². The molecule has 2 aliphatic rings. The minimum Gasteiger partial charge on any atom is -0.299 e. The van der Waals surface area contributed by atoms with Crippen molar-refractivity contribution < 1.29 is 14.6 Å². The molecule has 1 aliphatic heterocycles. The number of fused-ring (bicyclic) bond motifs is 2. The normalized spacial score (nSPS) is 32.3. The van der Waals surface area contributed by atoms with E-state index < -0.39 is 5.60 Å². The first-order chi connectivity index (χ1) is 11.4. The SMILES string of the molecule is C[C@H]1C(=O)C[C@@H]2C[C@H]1OO[C@]2(C)C=Cc1cc(C#N)cc(C#N)c1. The Morgan fingerprint density at radius 2 is 1.92 bits per heavy atom. The summed E-state index contributed by atoms with van der Waals surface area (Å²) in [6.45, 7) is 3.77. The van der Waals surface area contributed by atoms with Gasteiger partial charge in [0.05, 0.1) is 23.3 Å². The average molecular weight is 322 g/mol. The van der Waals surface area contributed by atoms with Crippen LogP contribution in [-0.2, 0) is 14.6 Å². The predicted octanol–water partition coefficient (Wildman–Crippen LogP) is 3.15. The highest BCUT2D eigenvalue weighted by Gasteiger charge is 2.48. The van der Waals surface area contributed by atoms with Crippen LogP contribution >= 0.6 is 0 Å². The molecule has 122 valence electrons. The number of ketones is 1. The van der Waals surface area contributed by atoms with Gasteiger partial charge >= 0.3 is 0 Å². The van der Waals surface area contributed by atoms with Crippen LogP contribution in [0.3, 0.4) is 0 Å². The average Bonchev–Trinajstić information content (AvgIpc) is 2.60. The number of hydrogen-bond donors (Lipinski definition) is 0. The van der Waals surface area contributed by atoms with Crippen LogP contribution in [-0.4, -0.2) is 17.5 Å². The van der Waals surface area contributed by atoms with E-state index in [1.807, 2.05) is 38.1 Å².